The van der Waals surface area contributed by atoms with Gasteiger partial charge in [-0.3, -0.25) is 4.79 Å². The second-order valence-electron chi connectivity index (χ2n) is 2.60. The molecular weight excluding hydrogens is 176 g/mol. The number of carbonyl (C=O) groups excluding carboxylic acids is 1. The molecule has 1 aliphatic heterocycles. The third-order valence-electron chi connectivity index (χ3n) is 1.85. The highest BCUT2D eigenvalue weighted by Gasteiger charge is 2.21. The van der Waals surface area contributed by atoms with Crippen molar-refractivity contribution in [2.45, 2.75) is 6.54 Å². The Morgan fingerprint density at radius 2 is 2.42 bits per heavy atom. The molecule has 2 heterocycles. The molecule has 0 unspecified atom stereocenters. The summed E-state index contributed by atoms with van der Waals surface area (Å²) in [5, 5.41) is 2.99. The van der Waals surface area contributed by atoms with Crippen molar-refractivity contribution in [3.8, 4) is 0 Å². The smallest absolute Gasteiger partial charge is 0.252 e. The number of nitrogens with zero attached hydrogens (tertiary/aromatic N) is 1. The number of nitrogens with one attached hydrogen (secondary N) is 1. The molecule has 0 aromatic carbocycles. The second kappa shape index (κ2) is 2.45. The molecule has 0 spiro atoms. The van der Waals surface area contributed by atoms with Gasteiger partial charge in [-0.25, -0.2) is 4.98 Å². The Hall–Kier alpha value is -1.09. The largest absolute Gasteiger partial charge is 0.348 e. The monoisotopic (exact) mass is 181 g/mol. The highest BCUT2D eigenvalue weighted by atomic mass is 35.5. The number of halogens is 1. The summed E-state index contributed by atoms with van der Waals surface area (Å²) < 4.78 is 0. The Balaban J connectivity index is 2.68. The Labute approximate surface area is 74.8 Å². The molecular formula is C8H6ClN2O. The molecule has 0 aliphatic carbocycles. The molecule has 2 rings (SSSR count). The normalized spacial score (nSPS) is 14.3. The predicted molar refractivity (Wildman–Crippen MR) is 44.9 cm³/mol. The van der Waals surface area contributed by atoms with Crippen LogP contribution in [0.2, 0.25) is 5.15 Å². The van der Waals surface area contributed by atoms with Gasteiger partial charge >= 0.3 is 0 Å². The van der Waals surface area contributed by atoms with Crippen LogP contribution in [0.3, 0.4) is 0 Å². The maximum atomic E-state index is 11.1. The van der Waals surface area contributed by atoms with E-state index in [4.69, 9.17) is 11.6 Å². The average Bonchev–Trinajstić information content (AvgIpc) is 2.33. The molecule has 1 N–H and O–H groups in total. The van der Waals surface area contributed by atoms with Crippen molar-refractivity contribution in [3.05, 3.63) is 35.0 Å². The minimum Gasteiger partial charge on any atom is -0.348 e. The van der Waals surface area contributed by atoms with Crippen LogP contribution in [-0.2, 0) is 6.54 Å². The van der Waals surface area contributed by atoms with Crippen molar-refractivity contribution in [1.29, 1.82) is 0 Å². The van der Waals surface area contributed by atoms with Gasteiger partial charge in [-0.2, -0.15) is 0 Å². The summed E-state index contributed by atoms with van der Waals surface area (Å²) in [7, 11) is 0. The first kappa shape index (κ1) is 7.55. The summed E-state index contributed by atoms with van der Waals surface area (Å²) in [5.41, 5.74) is 2.03. The van der Waals surface area contributed by atoms with E-state index in [0.717, 1.165) is 5.56 Å². The quantitative estimate of drug-likeness (QED) is 0.611. The van der Waals surface area contributed by atoms with Crippen LogP contribution in [0.1, 0.15) is 21.6 Å². The van der Waals surface area contributed by atoms with Crippen molar-refractivity contribution >= 4 is 17.5 Å². The van der Waals surface area contributed by atoms with Crippen molar-refractivity contribution in [3.63, 3.8) is 0 Å². The summed E-state index contributed by atoms with van der Waals surface area (Å²) in [6, 6.07) is 1.56. The van der Waals surface area contributed by atoms with Crippen LogP contribution >= 0.6 is 11.6 Å². The maximum absolute atomic E-state index is 11.1. The summed E-state index contributed by atoms with van der Waals surface area (Å²) in [5.74, 6) is -0.0980. The van der Waals surface area contributed by atoms with Crippen LogP contribution in [-0.4, -0.2) is 10.9 Å². The van der Waals surface area contributed by atoms with Crippen molar-refractivity contribution in [2.75, 3.05) is 0 Å². The number of pyridine rings is 1. The van der Waals surface area contributed by atoms with E-state index in [0.29, 0.717) is 23.0 Å². The molecule has 1 aromatic heterocycles. The van der Waals surface area contributed by atoms with Crippen LogP contribution in [0.4, 0.5) is 0 Å². The van der Waals surface area contributed by atoms with Gasteiger partial charge in [0.25, 0.3) is 5.91 Å². The van der Waals surface area contributed by atoms with Crippen molar-refractivity contribution in [2.24, 2.45) is 0 Å². The van der Waals surface area contributed by atoms with E-state index in [1.54, 1.807) is 6.07 Å². The minimum atomic E-state index is -0.0980. The molecule has 4 heteroatoms. The zero-order chi connectivity index (χ0) is 8.72. The lowest BCUT2D eigenvalue weighted by molar-refractivity contribution is 0.0965. The lowest BCUT2D eigenvalue weighted by Gasteiger charge is -1.99. The van der Waals surface area contributed by atoms with Gasteiger partial charge in [-0.15, -0.1) is 0 Å². The molecule has 1 aromatic rings. The van der Waals surface area contributed by atoms with E-state index in [9.17, 15) is 4.79 Å². The number of aromatic nitrogens is 1. The van der Waals surface area contributed by atoms with Gasteiger partial charge in [0.1, 0.15) is 5.15 Å². The van der Waals surface area contributed by atoms with E-state index in [1.165, 1.54) is 0 Å². The number of amides is 1. The van der Waals surface area contributed by atoms with Crippen molar-refractivity contribution < 1.29 is 4.79 Å². The van der Waals surface area contributed by atoms with E-state index in [-0.39, 0.29) is 5.91 Å². The molecule has 0 atom stereocenters. The molecule has 1 amide bonds. The molecule has 1 aliphatic rings. The number of fused-ring (bicyclic) bond motifs is 1. The fraction of sp³-hybridized carbons (Fsp3) is 0.125. The molecule has 3 nitrogen and oxygen atoms in total. The van der Waals surface area contributed by atoms with Crippen LogP contribution in [0, 0.1) is 6.92 Å². The molecule has 0 saturated carbocycles. The lowest BCUT2D eigenvalue weighted by atomic mass is 10.1. The van der Waals surface area contributed by atoms with Gasteiger partial charge < -0.3 is 5.32 Å². The van der Waals surface area contributed by atoms with Gasteiger partial charge in [-0.1, -0.05) is 11.6 Å². The van der Waals surface area contributed by atoms with Gasteiger partial charge in [0.15, 0.2) is 0 Å². The first-order valence-electron chi connectivity index (χ1n) is 3.48. The van der Waals surface area contributed by atoms with E-state index in [2.05, 4.69) is 17.2 Å². The van der Waals surface area contributed by atoms with Crippen LogP contribution < -0.4 is 5.32 Å². The summed E-state index contributed by atoms with van der Waals surface area (Å²) in [6.07, 6.45) is 0. The van der Waals surface area contributed by atoms with E-state index in [1.807, 2.05) is 0 Å². The topological polar surface area (TPSA) is 42.0 Å². The summed E-state index contributed by atoms with van der Waals surface area (Å²) >= 11 is 5.66. The molecule has 61 valence electrons. The van der Waals surface area contributed by atoms with Gasteiger partial charge in [0.05, 0.1) is 0 Å². The maximum Gasteiger partial charge on any atom is 0.252 e. The first-order valence-corrected chi connectivity index (χ1v) is 3.86. The Bertz CT molecular complexity index is 362. The van der Waals surface area contributed by atoms with Gasteiger partial charge in [0.2, 0.25) is 0 Å². The predicted octanol–water partition coefficient (Wildman–Crippen LogP) is 1.16. The minimum absolute atomic E-state index is 0.0980. The SMILES string of the molecule is [CH2]c1nc(Cl)cc2c1CNC2=O. The van der Waals surface area contributed by atoms with Crippen molar-refractivity contribution in [1.82, 2.24) is 10.3 Å². The zero-order valence-corrected chi connectivity index (χ0v) is 6.98. The number of rotatable bonds is 0. The fourth-order valence-corrected chi connectivity index (χ4v) is 1.47. The third kappa shape index (κ3) is 0.975. The van der Waals surface area contributed by atoms with Crippen LogP contribution in [0.5, 0.6) is 0 Å². The van der Waals surface area contributed by atoms with Crippen LogP contribution in [0.25, 0.3) is 0 Å². The molecule has 0 fully saturated rings. The average molecular weight is 182 g/mol. The Morgan fingerprint density at radius 1 is 1.67 bits per heavy atom. The molecule has 0 bridgehead atoms. The van der Waals surface area contributed by atoms with Crippen LogP contribution in [0.15, 0.2) is 6.07 Å². The Morgan fingerprint density at radius 3 is 3.17 bits per heavy atom. The summed E-state index contributed by atoms with van der Waals surface area (Å²) in [6.45, 7) is 4.21. The molecule has 12 heavy (non-hydrogen) atoms. The third-order valence-corrected chi connectivity index (χ3v) is 2.04. The van der Waals surface area contributed by atoms with E-state index >= 15 is 0 Å². The van der Waals surface area contributed by atoms with Gasteiger partial charge in [-0.05, 0) is 13.0 Å². The number of hydrogen-bond acceptors (Lipinski definition) is 2. The molecule has 1 radical (unpaired) electrons. The van der Waals surface area contributed by atoms with Gasteiger partial charge in [0, 0.05) is 23.4 Å². The standard InChI is InChI=1S/C8H6ClN2O/c1-4-6-3-10-8(12)5(6)2-7(9)11-4/h2H,1,3H2,(H,10,12). The second-order valence-corrected chi connectivity index (χ2v) is 2.99. The highest BCUT2D eigenvalue weighted by molar-refractivity contribution is 6.29. The molecule has 0 saturated heterocycles. The lowest BCUT2D eigenvalue weighted by Crippen LogP contribution is -2.12. The first-order chi connectivity index (χ1) is 5.68. The zero-order valence-electron chi connectivity index (χ0n) is 6.22. The summed E-state index contributed by atoms with van der Waals surface area (Å²) in [4.78, 5) is 15.1. The highest BCUT2D eigenvalue weighted by Crippen LogP contribution is 2.20. The Kier molecular flexibility index (Phi) is 1.54. The number of hydrogen-bond donors (Lipinski definition) is 1. The fourth-order valence-electron chi connectivity index (χ4n) is 1.25. The van der Waals surface area contributed by atoms with E-state index < -0.39 is 0 Å². The number of carbonyl (C=O) groups is 1.